The zero-order valence-electron chi connectivity index (χ0n) is 9.91. The SMILES string of the molecule is Cn1c2c(c3cc(Br)ccc31)C1CCN2CC1. The number of hydrogen-bond acceptors (Lipinski definition) is 1. The Bertz CT molecular complexity index is 606. The molecule has 0 radical (unpaired) electrons. The number of aromatic nitrogens is 1. The van der Waals surface area contributed by atoms with Gasteiger partial charge in [0.05, 0.1) is 0 Å². The second-order valence-electron chi connectivity index (χ2n) is 5.22. The smallest absolute Gasteiger partial charge is 0.112 e. The molecule has 0 aliphatic carbocycles. The van der Waals surface area contributed by atoms with Crippen molar-refractivity contribution in [3.63, 3.8) is 0 Å². The molecular weight excluding hydrogens is 276 g/mol. The van der Waals surface area contributed by atoms with Gasteiger partial charge in [-0.05, 0) is 37.0 Å². The summed E-state index contributed by atoms with van der Waals surface area (Å²) in [5, 5.41) is 1.45. The lowest BCUT2D eigenvalue weighted by molar-refractivity contribution is 0.469. The van der Waals surface area contributed by atoms with Crippen LogP contribution in [0.5, 0.6) is 0 Å². The van der Waals surface area contributed by atoms with Crippen molar-refractivity contribution < 1.29 is 0 Å². The van der Waals surface area contributed by atoms with Crippen LogP contribution in [-0.4, -0.2) is 17.7 Å². The Labute approximate surface area is 109 Å². The molecule has 4 heterocycles. The van der Waals surface area contributed by atoms with Gasteiger partial charge in [-0.25, -0.2) is 0 Å². The predicted molar refractivity (Wildman–Crippen MR) is 74.8 cm³/mol. The van der Waals surface area contributed by atoms with E-state index in [4.69, 9.17) is 0 Å². The second-order valence-corrected chi connectivity index (χ2v) is 6.13. The van der Waals surface area contributed by atoms with E-state index in [2.05, 4.69) is 50.6 Å². The van der Waals surface area contributed by atoms with Gasteiger partial charge >= 0.3 is 0 Å². The van der Waals surface area contributed by atoms with Crippen LogP contribution in [0.4, 0.5) is 5.82 Å². The summed E-state index contributed by atoms with van der Waals surface area (Å²) in [7, 11) is 2.20. The summed E-state index contributed by atoms with van der Waals surface area (Å²) < 4.78 is 3.57. The highest BCUT2D eigenvalue weighted by molar-refractivity contribution is 9.10. The first kappa shape index (κ1) is 10.0. The van der Waals surface area contributed by atoms with Crippen molar-refractivity contribution in [1.29, 1.82) is 0 Å². The zero-order chi connectivity index (χ0) is 11.6. The van der Waals surface area contributed by atoms with Crippen LogP contribution >= 0.6 is 15.9 Å². The highest BCUT2D eigenvalue weighted by Gasteiger charge is 2.35. The molecule has 3 aliphatic rings. The third-order valence-corrected chi connectivity index (χ3v) is 4.86. The van der Waals surface area contributed by atoms with Gasteiger partial charge in [0.15, 0.2) is 0 Å². The molecule has 2 nitrogen and oxygen atoms in total. The van der Waals surface area contributed by atoms with Crippen molar-refractivity contribution in [3.05, 3.63) is 28.2 Å². The van der Waals surface area contributed by atoms with Crippen LogP contribution in [0.3, 0.4) is 0 Å². The Morgan fingerprint density at radius 1 is 1.24 bits per heavy atom. The zero-order valence-corrected chi connectivity index (χ0v) is 11.5. The van der Waals surface area contributed by atoms with Crippen molar-refractivity contribution in [3.8, 4) is 0 Å². The van der Waals surface area contributed by atoms with Gasteiger partial charge in [-0.1, -0.05) is 15.9 Å². The minimum Gasteiger partial charge on any atom is -0.358 e. The maximum atomic E-state index is 3.60. The minimum atomic E-state index is 0.785. The maximum absolute atomic E-state index is 3.60. The van der Waals surface area contributed by atoms with E-state index in [1.165, 1.54) is 47.1 Å². The summed E-state index contributed by atoms with van der Waals surface area (Å²) in [5.74, 6) is 2.26. The molecule has 17 heavy (non-hydrogen) atoms. The molecule has 1 saturated heterocycles. The molecule has 3 heteroatoms. The summed E-state index contributed by atoms with van der Waals surface area (Å²) in [6.45, 7) is 2.48. The molecule has 0 amide bonds. The number of nitrogens with zero attached hydrogens (tertiary/aromatic N) is 2. The summed E-state index contributed by atoms with van der Waals surface area (Å²) >= 11 is 3.60. The minimum absolute atomic E-state index is 0.785. The van der Waals surface area contributed by atoms with E-state index in [1.54, 1.807) is 5.56 Å². The Morgan fingerprint density at radius 2 is 2.00 bits per heavy atom. The molecule has 0 spiro atoms. The lowest BCUT2D eigenvalue weighted by Gasteiger charge is -2.41. The lowest BCUT2D eigenvalue weighted by atomic mass is 9.84. The largest absolute Gasteiger partial charge is 0.358 e. The van der Waals surface area contributed by atoms with E-state index in [1.807, 2.05) is 0 Å². The number of anilines is 1. The van der Waals surface area contributed by atoms with Crippen molar-refractivity contribution in [2.45, 2.75) is 18.8 Å². The summed E-state index contributed by atoms with van der Waals surface area (Å²) in [6.07, 6.45) is 2.66. The van der Waals surface area contributed by atoms with E-state index in [9.17, 15) is 0 Å². The molecule has 5 rings (SSSR count). The predicted octanol–water partition coefficient (Wildman–Crippen LogP) is 3.64. The number of piperidine rings is 1. The molecule has 1 aromatic heterocycles. The first-order valence-corrected chi connectivity index (χ1v) is 7.08. The highest BCUT2D eigenvalue weighted by atomic mass is 79.9. The maximum Gasteiger partial charge on any atom is 0.112 e. The summed E-state index contributed by atoms with van der Waals surface area (Å²) in [4.78, 5) is 2.56. The van der Waals surface area contributed by atoms with Gasteiger partial charge in [0.25, 0.3) is 0 Å². The quantitative estimate of drug-likeness (QED) is 0.719. The van der Waals surface area contributed by atoms with Gasteiger partial charge in [0, 0.05) is 41.1 Å². The van der Waals surface area contributed by atoms with Crippen molar-refractivity contribution in [2.24, 2.45) is 7.05 Å². The van der Waals surface area contributed by atoms with Gasteiger partial charge in [-0.15, -0.1) is 0 Å². The van der Waals surface area contributed by atoms with Crippen molar-refractivity contribution in [2.75, 3.05) is 18.0 Å². The highest BCUT2D eigenvalue weighted by Crippen LogP contribution is 2.47. The van der Waals surface area contributed by atoms with Gasteiger partial charge in [-0.3, -0.25) is 0 Å². The van der Waals surface area contributed by atoms with Crippen LogP contribution in [0.15, 0.2) is 22.7 Å². The van der Waals surface area contributed by atoms with E-state index in [-0.39, 0.29) is 0 Å². The molecule has 0 atom stereocenters. The Balaban J connectivity index is 2.13. The number of rotatable bonds is 0. The number of hydrogen-bond donors (Lipinski definition) is 0. The first-order chi connectivity index (χ1) is 8.25. The standard InChI is InChI=1S/C14H15BrN2/c1-16-12-3-2-10(15)8-11(12)13-9-4-6-17(7-5-9)14(13)16/h2-3,8-9H,4-7H2,1H3. The third kappa shape index (κ3) is 1.21. The Morgan fingerprint density at radius 3 is 2.76 bits per heavy atom. The molecule has 1 aromatic carbocycles. The number of fused-ring (bicyclic) bond motifs is 3. The fourth-order valence-electron chi connectivity index (χ4n) is 3.60. The molecule has 88 valence electrons. The molecule has 2 bridgehead atoms. The number of benzene rings is 1. The van der Waals surface area contributed by atoms with Crippen LogP contribution in [0.1, 0.15) is 24.3 Å². The van der Waals surface area contributed by atoms with Crippen LogP contribution in [0, 0.1) is 0 Å². The summed E-state index contributed by atoms with van der Waals surface area (Å²) in [5.41, 5.74) is 2.97. The molecule has 2 aromatic rings. The van der Waals surface area contributed by atoms with E-state index < -0.39 is 0 Å². The third-order valence-electron chi connectivity index (χ3n) is 4.37. The van der Waals surface area contributed by atoms with E-state index in [0.29, 0.717) is 0 Å². The molecule has 0 N–H and O–H groups in total. The molecular formula is C14H15BrN2. The Hall–Kier alpha value is -0.960. The molecule has 3 aliphatic heterocycles. The van der Waals surface area contributed by atoms with Gasteiger partial charge < -0.3 is 9.47 Å². The van der Waals surface area contributed by atoms with Crippen LogP contribution in [0.2, 0.25) is 0 Å². The van der Waals surface area contributed by atoms with Crippen LogP contribution in [-0.2, 0) is 7.05 Å². The number of halogens is 1. The summed E-state index contributed by atoms with van der Waals surface area (Å²) in [6, 6.07) is 6.67. The average molecular weight is 291 g/mol. The average Bonchev–Trinajstić information content (AvgIpc) is 2.67. The second kappa shape index (κ2) is 3.29. The van der Waals surface area contributed by atoms with Gasteiger partial charge in [0.1, 0.15) is 5.82 Å². The Kier molecular flexibility index (Phi) is 1.93. The normalized spacial score (nSPS) is 19.1. The monoisotopic (exact) mass is 290 g/mol. The fraction of sp³-hybridized carbons (Fsp3) is 0.429. The lowest BCUT2D eigenvalue weighted by Crippen LogP contribution is -2.39. The topological polar surface area (TPSA) is 8.17 Å². The van der Waals surface area contributed by atoms with E-state index in [0.717, 1.165) is 5.92 Å². The molecule has 0 unspecified atom stereocenters. The van der Waals surface area contributed by atoms with E-state index >= 15 is 0 Å². The van der Waals surface area contributed by atoms with Crippen molar-refractivity contribution in [1.82, 2.24) is 4.57 Å². The van der Waals surface area contributed by atoms with Gasteiger partial charge in [0.2, 0.25) is 0 Å². The fourth-order valence-corrected chi connectivity index (χ4v) is 3.96. The molecule has 1 fully saturated rings. The van der Waals surface area contributed by atoms with Crippen LogP contribution < -0.4 is 4.90 Å². The van der Waals surface area contributed by atoms with Crippen molar-refractivity contribution >= 4 is 32.7 Å². The first-order valence-electron chi connectivity index (χ1n) is 6.28. The molecule has 0 saturated carbocycles. The van der Waals surface area contributed by atoms with Gasteiger partial charge in [-0.2, -0.15) is 0 Å². The van der Waals surface area contributed by atoms with Crippen LogP contribution in [0.25, 0.3) is 10.9 Å². The number of aryl methyl sites for hydroxylation is 1.